The van der Waals surface area contributed by atoms with Crippen molar-refractivity contribution in [2.75, 3.05) is 0 Å². The zero-order chi connectivity index (χ0) is 16.3. The molecule has 1 aromatic rings. The zero-order valence-corrected chi connectivity index (χ0v) is 11.5. The quantitative estimate of drug-likeness (QED) is 0.497. The maximum Gasteiger partial charge on any atom is 0.305 e. The van der Waals surface area contributed by atoms with Crippen molar-refractivity contribution in [2.45, 2.75) is 11.7 Å². The van der Waals surface area contributed by atoms with Crippen molar-refractivity contribution in [3.8, 4) is 0 Å². The Labute approximate surface area is 126 Å². The van der Waals surface area contributed by atoms with Crippen LogP contribution in [0.4, 0.5) is 13.2 Å². The average Bonchev–Trinajstić information content (AvgIpc) is 2.78. The molecule has 0 bridgehead atoms. The van der Waals surface area contributed by atoms with Gasteiger partial charge in [0.1, 0.15) is 5.25 Å². The molecule has 1 unspecified atom stereocenters. The van der Waals surface area contributed by atoms with E-state index in [0.29, 0.717) is 0 Å². The van der Waals surface area contributed by atoms with Crippen LogP contribution in [0, 0.1) is 17.5 Å². The third-order valence-electron chi connectivity index (χ3n) is 2.55. The fourth-order valence-corrected chi connectivity index (χ4v) is 2.44. The lowest BCUT2D eigenvalue weighted by atomic mass is 10.2. The molecule has 0 aliphatic carbocycles. The van der Waals surface area contributed by atoms with Crippen molar-refractivity contribution in [3.05, 3.63) is 35.1 Å². The number of amidine groups is 1. The van der Waals surface area contributed by atoms with E-state index in [0.717, 1.165) is 30.1 Å². The molecule has 1 atom stereocenters. The van der Waals surface area contributed by atoms with Crippen LogP contribution < -0.4 is 5.32 Å². The van der Waals surface area contributed by atoms with Gasteiger partial charge in [0.25, 0.3) is 0 Å². The van der Waals surface area contributed by atoms with Gasteiger partial charge in [0.15, 0.2) is 22.6 Å². The molecule has 1 aliphatic heterocycles. The summed E-state index contributed by atoms with van der Waals surface area (Å²) in [6.07, 6.45) is 0.471. The van der Waals surface area contributed by atoms with E-state index >= 15 is 0 Å². The van der Waals surface area contributed by atoms with Crippen LogP contribution in [0.5, 0.6) is 0 Å². The summed E-state index contributed by atoms with van der Waals surface area (Å²) in [7, 11) is 0. The van der Waals surface area contributed by atoms with E-state index in [2.05, 4.69) is 15.5 Å². The number of rotatable bonds is 4. The van der Waals surface area contributed by atoms with Crippen molar-refractivity contribution in [3.63, 3.8) is 0 Å². The standard InChI is InChI=1S/C12H8F3N3O3S/c13-6-2-1-5(9(14)10(6)15)4-16-18-12-17-11(21)7(22-12)3-8(19)20/h1-2,4,7H,3H2,(H,19,20)(H,17,18,21). The SMILES string of the molecule is O=C(O)CC1SC(=NN=Cc2ccc(F)c(F)c2F)NC1=O. The molecule has 1 amide bonds. The monoisotopic (exact) mass is 331 g/mol. The van der Waals surface area contributed by atoms with Crippen LogP contribution in [0.3, 0.4) is 0 Å². The Morgan fingerprint density at radius 1 is 1.36 bits per heavy atom. The Hall–Kier alpha value is -2.36. The largest absolute Gasteiger partial charge is 0.481 e. The molecule has 1 heterocycles. The topological polar surface area (TPSA) is 91.1 Å². The number of hydrogen-bond donors (Lipinski definition) is 2. The number of halogens is 3. The highest BCUT2D eigenvalue weighted by Crippen LogP contribution is 2.22. The molecule has 0 aromatic heterocycles. The van der Waals surface area contributed by atoms with Crippen molar-refractivity contribution in [1.29, 1.82) is 0 Å². The third-order valence-corrected chi connectivity index (χ3v) is 3.62. The molecule has 2 N–H and O–H groups in total. The molecule has 2 rings (SSSR count). The maximum atomic E-state index is 13.3. The highest BCUT2D eigenvalue weighted by molar-refractivity contribution is 8.15. The average molecular weight is 331 g/mol. The number of carbonyl (C=O) groups excluding carboxylic acids is 1. The fraction of sp³-hybridized carbons (Fsp3) is 0.167. The van der Waals surface area contributed by atoms with E-state index in [4.69, 9.17) is 5.11 Å². The van der Waals surface area contributed by atoms with Gasteiger partial charge < -0.3 is 10.4 Å². The number of aliphatic carboxylic acids is 1. The summed E-state index contributed by atoms with van der Waals surface area (Å²) in [5.74, 6) is -6.02. The van der Waals surface area contributed by atoms with Crippen molar-refractivity contribution >= 4 is 35.0 Å². The van der Waals surface area contributed by atoms with Gasteiger partial charge in [-0.2, -0.15) is 5.10 Å². The van der Waals surface area contributed by atoms with Crippen LogP contribution in [0.25, 0.3) is 0 Å². The van der Waals surface area contributed by atoms with E-state index in [1.165, 1.54) is 0 Å². The smallest absolute Gasteiger partial charge is 0.305 e. The van der Waals surface area contributed by atoms with Crippen LogP contribution in [-0.4, -0.2) is 33.6 Å². The Kier molecular flexibility index (Phi) is 4.81. The molecule has 6 nitrogen and oxygen atoms in total. The van der Waals surface area contributed by atoms with Crippen LogP contribution >= 0.6 is 11.8 Å². The van der Waals surface area contributed by atoms with E-state index in [9.17, 15) is 22.8 Å². The number of amides is 1. The highest BCUT2D eigenvalue weighted by Gasteiger charge is 2.32. The number of carboxylic acid groups (broad SMARTS) is 1. The van der Waals surface area contributed by atoms with E-state index in [1.54, 1.807) is 0 Å². The molecule has 116 valence electrons. The van der Waals surface area contributed by atoms with Crippen LogP contribution in [0.2, 0.25) is 0 Å². The summed E-state index contributed by atoms with van der Waals surface area (Å²) in [5, 5.41) is 17.1. The summed E-state index contributed by atoms with van der Waals surface area (Å²) < 4.78 is 39.0. The fourth-order valence-electron chi connectivity index (χ4n) is 1.53. The Morgan fingerprint density at radius 3 is 2.77 bits per heavy atom. The lowest BCUT2D eigenvalue weighted by Gasteiger charge is -1.98. The van der Waals surface area contributed by atoms with Crippen LogP contribution in [-0.2, 0) is 9.59 Å². The molecule has 0 saturated carbocycles. The molecule has 10 heteroatoms. The minimum absolute atomic E-state index is 0.0375. The third kappa shape index (κ3) is 3.64. The molecule has 1 aliphatic rings. The summed E-state index contributed by atoms with van der Waals surface area (Å²) >= 11 is 0.859. The summed E-state index contributed by atoms with van der Waals surface area (Å²) in [6, 6.07) is 1.72. The molecule has 0 radical (unpaired) electrons. The first-order valence-electron chi connectivity index (χ1n) is 5.82. The van der Waals surface area contributed by atoms with Gasteiger partial charge in [-0.1, -0.05) is 11.8 Å². The Morgan fingerprint density at radius 2 is 2.09 bits per heavy atom. The van der Waals surface area contributed by atoms with Gasteiger partial charge in [0.2, 0.25) is 5.91 Å². The number of benzene rings is 1. The molecule has 1 fully saturated rings. The summed E-state index contributed by atoms with van der Waals surface area (Å²) in [6.45, 7) is 0. The first kappa shape index (κ1) is 16.0. The van der Waals surface area contributed by atoms with Gasteiger partial charge >= 0.3 is 5.97 Å². The van der Waals surface area contributed by atoms with Gasteiger partial charge in [-0.05, 0) is 12.1 Å². The second-order valence-corrected chi connectivity index (χ2v) is 5.30. The van der Waals surface area contributed by atoms with Crippen molar-refractivity contribution in [2.24, 2.45) is 10.2 Å². The van der Waals surface area contributed by atoms with E-state index in [1.807, 2.05) is 0 Å². The molecule has 0 spiro atoms. The Bertz CT molecular complexity index is 694. The highest BCUT2D eigenvalue weighted by atomic mass is 32.2. The number of thioether (sulfide) groups is 1. The zero-order valence-electron chi connectivity index (χ0n) is 10.7. The lowest BCUT2D eigenvalue weighted by Crippen LogP contribution is -2.26. The lowest BCUT2D eigenvalue weighted by molar-refractivity contribution is -0.138. The normalized spacial score (nSPS) is 19.9. The number of nitrogens with zero attached hydrogens (tertiary/aromatic N) is 2. The van der Waals surface area contributed by atoms with Gasteiger partial charge in [-0.25, -0.2) is 13.2 Å². The van der Waals surface area contributed by atoms with Gasteiger partial charge in [-0.3, -0.25) is 9.59 Å². The minimum atomic E-state index is -1.62. The van der Waals surface area contributed by atoms with E-state index < -0.39 is 34.6 Å². The molecular formula is C12H8F3N3O3S. The van der Waals surface area contributed by atoms with Gasteiger partial charge in [0.05, 0.1) is 12.6 Å². The maximum absolute atomic E-state index is 13.3. The predicted octanol–water partition coefficient (Wildman–Crippen LogP) is 1.50. The number of carbonyl (C=O) groups is 2. The molecule has 1 saturated heterocycles. The van der Waals surface area contributed by atoms with Gasteiger partial charge in [-0.15, -0.1) is 5.10 Å². The predicted molar refractivity (Wildman–Crippen MR) is 73.1 cm³/mol. The molecule has 1 aromatic carbocycles. The van der Waals surface area contributed by atoms with Crippen LogP contribution in [0.1, 0.15) is 12.0 Å². The van der Waals surface area contributed by atoms with Crippen molar-refractivity contribution in [1.82, 2.24) is 5.32 Å². The van der Waals surface area contributed by atoms with Gasteiger partial charge in [0, 0.05) is 5.56 Å². The number of hydrogen-bond acceptors (Lipinski definition) is 5. The number of nitrogens with one attached hydrogen (secondary N) is 1. The first-order valence-corrected chi connectivity index (χ1v) is 6.70. The molecular weight excluding hydrogens is 323 g/mol. The van der Waals surface area contributed by atoms with Crippen molar-refractivity contribution < 1.29 is 27.9 Å². The van der Waals surface area contributed by atoms with Crippen LogP contribution in [0.15, 0.2) is 22.3 Å². The summed E-state index contributed by atoms with van der Waals surface area (Å²) in [5.41, 5.74) is -0.320. The second kappa shape index (κ2) is 6.60. The first-order chi connectivity index (χ1) is 10.4. The molecule has 22 heavy (non-hydrogen) atoms. The van der Waals surface area contributed by atoms with E-state index in [-0.39, 0.29) is 17.2 Å². The Balaban J connectivity index is 2.08. The second-order valence-electron chi connectivity index (χ2n) is 4.11. The summed E-state index contributed by atoms with van der Waals surface area (Å²) in [4.78, 5) is 21.9. The number of carboxylic acids is 1. The minimum Gasteiger partial charge on any atom is -0.481 e.